The Morgan fingerprint density at radius 3 is 2.68 bits per heavy atom. The van der Waals surface area contributed by atoms with E-state index in [1.54, 1.807) is 0 Å². The molecule has 3 N–H and O–H groups in total. The topological polar surface area (TPSA) is 114 Å². The first kappa shape index (κ1) is 13.3. The van der Waals surface area contributed by atoms with Gasteiger partial charge >= 0.3 is 5.97 Å². The number of carbonyl (C=O) groups excluding carboxylic acids is 2. The number of carbonyl (C=O) groups is 3. The predicted octanol–water partition coefficient (Wildman–Crippen LogP) is 0.271. The lowest BCUT2D eigenvalue weighted by molar-refractivity contribution is -0.123. The molecular formula is C11H10ClN3O4. The lowest BCUT2D eigenvalue weighted by Gasteiger charge is -2.15. The zero-order valence-corrected chi connectivity index (χ0v) is 10.4. The van der Waals surface area contributed by atoms with Gasteiger partial charge in [0.15, 0.2) is 0 Å². The number of amides is 2. The Bertz CT molecular complexity index is 575. The van der Waals surface area contributed by atoms with E-state index in [0.717, 1.165) is 0 Å². The summed E-state index contributed by atoms with van der Waals surface area (Å²) >= 11 is 5.72. The fourth-order valence-corrected chi connectivity index (χ4v) is 2.07. The van der Waals surface area contributed by atoms with Crippen molar-refractivity contribution in [2.45, 2.75) is 6.42 Å². The molecule has 0 spiro atoms. The van der Waals surface area contributed by atoms with Crippen LogP contribution in [0, 0.1) is 5.92 Å². The average Bonchev–Trinajstić information content (AvgIpc) is 2.70. The van der Waals surface area contributed by atoms with Crippen LogP contribution in [0.2, 0.25) is 5.15 Å². The summed E-state index contributed by atoms with van der Waals surface area (Å²) < 4.78 is 0. The first-order valence-corrected chi connectivity index (χ1v) is 5.77. The molecule has 0 saturated carbocycles. The van der Waals surface area contributed by atoms with Crippen LogP contribution in [0.3, 0.4) is 0 Å². The number of carboxylic acid groups (broad SMARTS) is 1. The number of hydrogen-bond donors (Lipinski definition) is 2. The number of anilines is 1. The zero-order chi connectivity index (χ0) is 14.2. The fraction of sp³-hybridized carbons (Fsp3) is 0.273. The number of carboxylic acids is 1. The van der Waals surface area contributed by atoms with Crippen LogP contribution in [0.15, 0.2) is 12.1 Å². The summed E-state index contributed by atoms with van der Waals surface area (Å²) in [4.78, 5) is 38.9. The van der Waals surface area contributed by atoms with Crippen LogP contribution in [0.4, 0.5) is 5.82 Å². The molecule has 1 aliphatic heterocycles. The molecule has 8 heteroatoms. The van der Waals surface area contributed by atoms with E-state index in [-0.39, 0.29) is 35.4 Å². The van der Waals surface area contributed by atoms with Crippen molar-refractivity contribution in [2.75, 3.05) is 11.4 Å². The lowest BCUT2D eigenvalue weighted by atomic mass is 10.1. The number of nitrogens with two attached hydrogens (primary N) is 1. The molecule has 0 aromatic carbocycles. The molecule has 1 saturated heterocycles. The third-order valence-corrected chi connectivity index (χ3v) is 3.03. The number of halogens is 1. The van der Waals surface area contributed by atoms with Gasteiger partial charge in [0, 0.05) is 13.0 Å². The second-order valence-corrected chi connectivity index (χ2v) is 4.54. The van der Waals surface area contributed by atoms with Gasteiger partial charge in [-0.1, -0.05) is 11.6 Å². The van der Waals surface area contributed by atoms with Gasteiger partial charge in [-0.25, -0.2) is 9.78 Å². The van der Waals surface area contributed by atoms with E-state index >= 15 is 0 Å². The lowest BCUT2D eigenvalue weighted by Crippen LogP contribution is -2.29. The van der Waals surface area contributed by atoms with E-state index in [1.807, 2.05) is 0 Å². The van der Waals surface area contributed by atoms with Gasteiger partial charge in [-0.2, -0.15) is 0 Å². The molecule has 1 aromatic heterocycles. The Kier molecular flexibility index (Phi) is 3.39. The molecule has 2 amide bonds. The zero-order valence-electron chi connectivity index (χ0n) is 9.67. The standard InChI is InChI=1S/C11H10ClN3O4/c12-7-1-5(11(18)19)2-8(14-7)15-4-6(10(13)17)3-9(15)16/h1-2,6H,3-4H2,(H2,13,17)(H,18,19). The van der Waals surface area contributed by atoms with Gasteiger partial charge in [-0.15, -0.1) is 0 Å². The first-order chi connectivity index (χ1) is 8.88. The normalized spacial score (nSPS) is 18.7. The summed E-state index contributed by atoms with van der Waals surface area (Å²) in [6, 6.07) is 2.41. The number of nitrogens with zero attached hydrogens (tertiary/aromatic N) is 2. The molecule has 0 aliphatic carbocycles. The van der Waals surface area contributed by atoms with E-state index in [2.05, 4.69) is 4.98 Å². The molecule has 1 atom stereocenters. The molecule has 19 heavy (non-hydrogen) atoms. The van der Waals surface area contributed by atoms with E-state index in [4.69, 9.17) is 22.4 Å². The minimum Gasteiger partial charge on any atom is -0.478 e. The number of aromatic nitrogens is 1. The van der Waals surface area contributed by atoms with Crippen molar-refractivity contribution in [3.63, 3.8) is 0 Å². The highest BCUT2D eigenvalue weighted by molar-refractivity contribution is 6.30. The number of aromatic carboxylic acids is 1. The van der Waals surface area contributed by atoms with Crippen molar-refractivity contribution < 1.29 is 19.5 Å². The van der Waals surface area contributed by atoms with Crippen molar-refractivity contribution in [3.05, 3.63) is 22.8 Å². The van der Waals surface area contributed by atoms with Crippen LogP contribution < -0.4 is 10.6 Å². The number of hydrogen-bond acceptors (Lipinski definition) is 4. The van der Waals surface area contributed by atoms with Crippen molar-refractivity contribution in [1.29, 1.82) is 0 Å². The van der Waals surface area contributed by atoms with Gasteiger partial charge < -0.3 is 10.8 Å². The average molecular weight is 284 g/mol. The number of pyridine rings is 1. The highest BCUT2D eigenvalue weighted by atomic mass is 35.5. The molecule has 0 radical (unpaired) electrons. The van der Waals surface area contributed by atoms with Gasteiger partial charge in [0.2, 0.25) is 11.8 Å². The highest BCUT2D eigenvalue weighted by Gasteiger charge is 2.35. The van der Waals surface area contributed by atoms with Gasteiger partial charge in [-0.3, -0.25) is 14.5 Å². The Labute approximate surface area is 113 Å². The molecule has 7 nitrogen and oxygen atoms in total. The second-order valence-electron chi connectivity index (χ2n) is 4.15. The Morgan fingerprint density at radius 1 is 1.47 bits per heavy atom. The van der Waals surface area contributed by atoms with Crippen LogP contribution >= 0.6 is 11.6 Å². The molecule has 2 rings (SSSR count). The molecule has 0 bridgehead atoms. The smallest absolute Gasteiger partial charge is 0.335 e. The molecule has 1 aliphatic rings. The summed E-state index contributed by atoms with van der Waals surface area (Å²) in [5, 5.41) is 8.88. The largest absolute Gasteiger partial charge is 0.478 e. The van der Waals surface area contributed by atoms with Crippen LogP contribution in [-0.2, 0) is 9.59 Å². The van der Waals surface area contributed by atoms with Crippen LogP contribution in [-0.4, -0.2) is 34.4 Å². The van der Waals surface area contributed by atoms with Crippen LogP contribution in [0.5, 0.6) is 0 Å². The van der Waals surface area contributed by atoms with Crippen molar-refractivity contribution in [3.8, 4) is 0 Å². The number of rotatable bonds is 3. The molecule has 1 unspecified atom stereocenters. The molecular weight excluding hydrogens is 274 g/mol. The maximum Gasteiger partial charge on any atom is 0.335 e. The minimum atomic E-state index is -1.18. The first-order valence-electron chi connectivity index (χ1n) is 5.39. The molecule has 1 aromatic rings. The minimum absolute atomic E-state index is 0.00800. The molecule has 1 fully saturated rings. The Balaban J connectivity index is 2.34. The summed E-state index contributed by atoms with van der Waals surface area (Å²) in [7, 11) is 0. The second kappa shape index (κ2) is 4.85. The Morgan fingerprint density at radius 2 is 2.16 bits per heavy atom. The molecule has 100 valence electrons. The van der Waals surface area contributed by atoms with Gasteiger partial charge in [0.25, 0.3) is 0 Å². The maximum absolute atomic E-state index is 11.8. The Hall–Kier alpha value is -2.15. The van der Waals surface area contributed by atoms with Gasteiger partial charge in [0.1, 0.15) is 11.0 Å². The molecule has 2 heterocycles. The van der Waals surface area contributed by atoms with Crippen molar-refractivity contribution in [2.24, 2.45) is 11.7 Å². The van der Waals surface area contributed by atoms with E-state index in [0.29, 0.717) is 0 Å². The summed E-state index contributed by atoms with van der Waals surface area (Å²) in [6.07, 6.45) is -0.00800. The summed E-state index contributed by atoms with van der Waals surface area (Å²) in [5.74, 6) is -2.57. The quantitative estimate of drug-likeness (QED) is 0.773. The van der Waals surface area contributed by atoms with Crippen LogP contribution in [0.25, 0.3) is 0 Å². The van der Waals surface area contributed by atoms with Gasteiger partial charge in [0.05, 0.1) is 11.5 Å². The van der Waals surface area contributed by atoms with E-state index in [9.17, 15) is 14.4 Å². The fourth-order valence-electron chi connectivity index (χ4n) is 1.86. The summed E-state index contributed by atoms with van der Waals surface area (Å²) in [6.45, 7) is 0.0839. The SMILES string of the molecule is NC(=O)C1CC(=O)N(c2cc(C(=O)O)cc(Cl)n2)C1. The monoisotopic (exact) mass is 283 g/mol. The predicted molar refractivity (Wildman–Crippen MR) is 65.9 cm³/mol. The van der Waals surface area contributed by atoms with Crippen molar-refractivity contribution >= 4 is 35.2 Å². The van der Waals surface area contributed by atoms with Crippen molar-refractivity contribution in [1.82, 2.24) is 4.98 Å². The third kappa shape index (κ3) is 2.65. The third-order valence-electron chi connectivity index (χ3n) is 2.83. The number of primary amides is 1. The summed E-state index contributed by atoms with van der Waals surface area (Å²) in [5.41, 5.74) is 5.07. The van der Waals surface area contributed by atoms with Crippen LogP contribution in [0.1, 0.15) is 16.8 Å². The van der Waals surface area contributed by atoms with E-state index in [1.165, 1.54) is 17.0 Å². The maximum atomic E-state index is 11.8. The van der Waals surface area contributed by atoms with Gasteiger partial charge in [-0.05, 0) is 12.1 Å². The highest BCUT2D eigenvalue weighted by Crippen LogP contribution is 2.25. The van der Waals surface area contributed by atoms with E-state index < -0.39 is 17.8 Å².